The fourth-order valence-electron chi connectivity index (χ4n) is 2.97. The molecule has 4 aromatic rings. The van der Waals surface area contributed by atoms with Gasteiger partial charge in [0.05, 0.1) is 14.2 Å². The van der Waals surface area contributed by atoms with Gasteiger partial charge in [0.15, 0.2) is 17.3 Å². The zero-order valence-corrected chi connectivity index (χ0v) is 17.0. The molecule has 0 atom stereocenters. The number of anilines is 1. The lowest BCUT2D eigenvalue weighted by atomic mass is 10.1. The molecule has 0 aliphatic rings. The van der Waals surface area contributed by atoms with Crippen LogP contribution in [0.3, 0.4) is 0 Å². The summed E-state index contributed by atoms with van der Waals surface area (Å²) in [6, 6.07) is 14.1. The normalized spacial score (nSPS) is 11.0. The van der Waals surface area contributed by atoms with Crippen molar-refractivity contribution in [2.24, 2.45) is 0 Å². The van der Waals surface area contributed by atoms with E-state index in [1.54, 1.807) is 14.2 Å². The maximum atomic E-state index is 5.39. The molecule has 0 aliphatic heterocycles. The van der Waals surface area contributed by atoms with E-state index >= 15 is 0 Å². The predicted molar refractivity (Wildman–Crippen MR) is 111 cm³/mol. The Morgan fingerprint density at radius 3 is 2.57 bits per heavy atom. The minimum absolute atomic E-state index is 0.600. The fraction of sp³-hybridized carbons (Fsp3) is 0.250. The average molecular weight is 395 g/mol. The molecule has 0 bridgehead atoms. The van der Waals surface area contributed by atoms with Gasteiger partial charge in [-0.15, -0.1) is 10.2 Å². The van der Waals surface area contributed by atoms with E-state index in [0.29, 0.717) is 17.9 Å². The van der Waals surface area contributed by atoms with E-state index in [9.17, 15) is 0 Å². The van der Waals surface area contributed by atoms with Crippen molar-refractivity contribution in [1.29, 1.82) is 0 Å². The lowest BCUT2D eigenvalue weighted by Crippen LogP contribution is -2.08. The molecule has 0 fully saturated rings. The molecular formula is C20H21N5O2S. The lowest BCUT2D eigenvalue weighted by molar-refractivity contribution is 0.354. The van der Waals surface area contributed by atoms with Crippen LogP contribution in [0.4, 0.5) is 5.69 Å². The Labute approximate surface area is 167 Å². The third-order valence-electron chi connectivity index (χ3n) is 4.48. The smallest absolute Gasteiger partial charge is 0.234 e. The summed E-state index contributed by atoms with van der Waals surface area (Å²) >= 11 is 1.53. The molecule has 144 valence electrons. The van der Waals surface area contributed by atoms with Gasteiger partial charge in [-0.05, 0) is 29.8 Å². The van der Waals surface area contributed by atoms with Crippen LogP contribution in [0.15, 0.2) is 42.5 Å². The summed E-state index contributed by atoms with van der Waals surface area (Å²) in [5, 5.41) is 14.3. The zero-order chi connectivity index (χ0) is 19.7. The number of benzene rings is 2. The summed E-state index contributed by atoms with van der Waals surface area (Å²) in [5.41, 5.74) is 3.25. The lowest BCUT2D eigenvalue weighted by Gasteiger charge is -2.12. The Balaban J connectivity index is 1.66. The number of ether oxygens (including phenoxy) is 2. The number of aromatic nitrogens is 4. The Kier molecular flexibility index (Phi) is 4.87. The SMILES string of the molecule is COc1ccc(Cc2nnc3sc(-c4cccc(N(C)C)c4)nn23)cc1OC. The summed E-state index contributed by atoms with van der Waals surface area (Å²) in [6.45, 7) is 0. The third kappa shape index (κ3) is 3.38. The van der Waals surface area contributed by atoms with Crippen molar-refractivity contribution in [1.82, 2.24) is 19.8 Å². The van der Waals surface area contributed by atoms with Gasteiger partial charge in [-0.3, -0.25) is 0 Å². The minimum Gasteiger partial charge on any atom is -0.493 e. The Bertz CT molecular complexity index is 1120. The summed E-state index contributed by atoms with van der Waals surface area (Å²) in [7, 11) is 7.31. The number of fused-ring (bicyclic) bond motifs is 1. The summed E-state index contributed by atoms with van der Waals surface area (Å²) in [6.07, 6.45) is 0.600. The van der Waals surface area contributed by atoms with Crippen molar-refractivity contribution in [3.05, 3.63) is 53.9 Å². The van der Waals surface area contributed by atoms with Gasteiger partial charge in [-0.1, -0.05) is 29.5 Å². The molecule has 28 heavy (non-hydrogen) atoms. The van der Waals surface area contributed by atoms with Gasteiger partial charge in [0, 0.05) is 31.8 Å². The molecule has 0 radical (unpaired) electrons. The second-order valence-electron chi connectivity index (χ2n) is 6.53. The number of nitrogens with zero attached hydrogens (tertiary/aromatic N) is 5. The zero-order valence-electron chi connectivity index (χ0n) is 16.2. The van der Waals surface area contributed by atoms with E-state index in [4.69, 9.17) is 14.6 Å². The first-order valence-electron chi connectivity index (χ1n) is 8.79. The highest BCUT2D eigenvalue weighted by molar-refractivity contribution is 7.19. The molecule has 7 nitrogen and oxygen atoms in total. The molecule has 0 N–H and O–H groups in total. The van der Waals surface area contributed by atoms with Crippen LogP contribution in [-0.2, 0) is 6.42 Å². The molecule has 0 unspecified atom stereocenters. The maximum Gasteiger partial charge on any atom is 0.234 e. The highest BCUT2D eigenvalue weighted by Gasteiger charge is 2.15. The van der Waals surface area contributed by atoms with Crippen molar-refractivity contribution in [2.45, 2.75) is 6.42 Å². The van der Waals surface area contributed by atoms with Crippen LogP contribution >= 0.6 is 11.3 Å². The molecule has 0 saturated carbocycles. The van der Waals surface area contributed by atoms with E-state index in [2.05, 4.69) is 33.3 Å². The molecule has 2 aromatic carbocycles. The van der Waals surface area contributed by atoms with Crippen molar-refractivity contribution >= 4 is 22.0 Å². The molecule has 8 heteroatoms. The largest absolute Gasteiger partial charge is 0.493 e. The Morgan fingerprint density at radius 1 is 1.00 bits per heavy atom. The van der Waals surface area contributed by atoms with Gasteiger partial charge < -0.3 is 14.4 Å². The number of rotatable bonds is 6. The highest BCUT2D eigenvalue weighted by Crippen LogP contribution is 2.30. The maximum absolute atomic E-state index is 5.39. The van der Waals surface area contributed by atoms with Crippen LogP contribution in [-0.4, -0.2) is 48.1 Å². The van der Waals surface area contributed by atoms with E-state index in [0.717, 1.165) is 32.6 Å². The molecule has 0 spiro atoms. The Morgan fingerprint density at radius 2 is 1.82 bits per heavy atom. The first-order valence-corrected chi connectivity index (χ1v) is 9.60. The van der Waals surface area contributed by atoms with Gasteiger partial charge in [0.1, 0.15) is 5.01 Å². The van der Waals surface area contributed by atoms with Crippen LogP contribution in [0.2, 0.25) is 0 Å². The Hall–Kier alpha value is -3.13. The predicted octanol–water partition coefficient (Wildman–Crippen LogP) is 3.53. The monoisotopic (exact) mass is 395 g/mol. The van der Waals surface area contributed by atoms with Gasteiger partial charge in [0.25, 0.3) is 0 Å². The second-order valence-corrected chi connectivity index (χ2v) is 7.48. The molecule has 0 aliphatic carbocycles. The van der Waals surface area contributed by atoms with E-state index < -0.39 is 0 Å². The summed E-state index contributed by atoms with van der Waals surface area (Å²) in [5.74, 6) is 2.18. The van der Waals surface area contributed by atoms with Gasteiger partial charge >= 0.3 is 0 Å². The minimum atomic E-state index is 0.600. The quantitative estimate of drug-likeness (QED) is 0.498. The molecular weight excluding hydrogens is 374 g/mol. The van der Waals surface area contributed by atoms with Crippen LogP contribution in [0.1, 0.15) is 11.4 Å². The van der Waals surface area contributed by atoms with Gasteiger partial charge in [-0.2, -0.15) is 9.61 Å². The molecule has 0 saturated heterocycles. The van der Waals surface area contributed by atoms with Crippen LogP contribution in [0.25, 0.3) is 15.5 Å². The molecule has 4 rings (SSSR count). The molecule has 2 aromatic heterocycles. The second kappa shape index (κ2) is 7.47. The summed E-state index contributed by atoms with van der Waals surface area (Å²) in [4.78, 5) is 2.85. The van der Waals surface area contributed by atoms with Crippen molar-refractivity contribution in [3.63, 3.8) is 0 Å². The van der Waals surface area contributed by atoms with Crippen molar-refractivity contribution in [2.75, 3.05) is 33.2 Å². The van der Waals surface area contributed by atoms with Gasteiger partial charge in [0.2, 0.25) is 4.96 Å². The van der Waals surface area contributed by atoms with Crippen molar-refractivity contribution in [3.8, 4) is 22.1 Å². The first-order chi connectivity index (χ1) is 13.6. The van der Waals surface area contributed by atoms with Crippen LogP contribution in [0, 0.1) is 0 Å². The molecule has 0 amide bonds. The molecule has 2 heterocycles. The third-order valence-corrected chi connectivity index (χ3v) is 5.42. The fourth-order valence-corrected chi connectivity index (χ4v) is 3.83. The van der Waals surface area contributed by atoms with E-state index in [-0.39, 0.29) is 0 Å². The standard InChI is InChI=1S/C20H21N5O2S/c1-24(2)15-7-5-6-14(12-15)19-23-25-18(21-22-20(25)28-19)11-13-8-9-16(26-3)17(10-13)27-4/h5-10,12H,11H2,1-4H3. The first kappa shape index (κ1) is 18.2. The van der Waals surface area contributed by atoms with E-state index in [1.807, 2.05) is 42.9 Å². The number of methoxy groups -OCH3 is 2. The van der Waals surface area contributed by atoms with Crippen molar-refractivity contribution < 1.29 is 9.47 Å². The summed E-state index contributed by atoms with van der Waals surface area (Å²) < 4.78 is 12.5. The van der Waals surface area contributed by atoms with E-state index in [1.165, 1.54) is 11.3 Å². The van der Waals surface area contributed by atoms with Gasteiger partial charge in [-0.25, -0.2) is 0 Å². The average Bonchev–Trinajstić information content (AvgIpc) is 3.30. The highest BCUT2D eigenvalue weighted by atomic mass is 32.1. The topological polar surface area (TPSA) is 64.8 Å². The van der Waals surface area contributed by atoms with Crippen LogP contribution < -0.4 is 14.4 Å². The number of hydrogen-bond acceptors (Lipinski definition) is 7. The van der Waals surface area contributed by atoms with Crippen LogP contribution in [0.5, 0.6) is 11.5 Å². The number of hydrogen-bond donors (Lipinski definition) is 0.